The van der Waals surface area contributed by atoms with Crippen molar-refractivity contribution in [2.75, 3.05) is 13.1 Å². The van der Waals surface area contributed by atoms with Gasteiger partial charge in [0.05, 0.1) is 0 Å². The summed E-state index contributed by atoms with van der Waals surface area (Å²) >= 11 is 0. The zero-order valence-electron chi connectivity index (χ0n) is 12.5. The Labute approximate surface area is 122 Å². The third-order valence-electron chi connectivity index (χ3n) is 4.90. The maximum absolute atomic E-state index is 12.7. The van der Waals surface area contributed by atoms with E-state index in [4.69, 9.17) is 0 Å². The number of aryl methyl sites for hydroxylation is 2. The summed E-state index contributed by atoms with van der Waals surface area (Å²) in [6.45, 7) is 4.16. The van der Waals surface area contributed by atoms with Crippen molar-refractivity contribution in [3.8, 4) is 0 Å². The van der Waals surface area contributed by atoms with Crippen LogP contribution in [0.2, 0.25) is 0 Å². The molecular weight excluding hydrogens is 246 g/mol. The molecule has 20 heavy (non-hydrogen) atoms. The Morgan fingerprint density at radius 3 is 2.70 bits per heavy atom. The molecule has 1 fully saturated rings. The van der Waals surface area contributed by atoms with Crippen LogP contribution in [-0.4, -0.2) is 23.9 Å². The maximum Gasteiger partial charge on any atom is 0.253 e. The number of carbonyl (C=O) groups is 1. The Morgan fingerprint density at radius 2 is 1.85 bits per heavy atom. The minimum Gasteiger partial charge on any atom is -0.339 e. The van der Waals surface area contributed by atoms with Crippen LogP contribution in [0.5, 0.6) is 0 Å². The molecule has 2 nitrogen and oxygen atoms in total. The molecule has 1 aromatic carbocycles. The Bertz CT molecular complexity index is 494. The number of likely N-dealkylation sites (tertiary alicyclic amines) is 1. The van der Waals surface area contributed by atoms with Gasteiger partial charge >= 0.3 is 0 Å². The molecule has 0 bridgehead atoms. The first kappa shape index (κ1) is 13.7. The number of amides is 1. The van der Waals surface area contributed by atoms with Gasteiger partial charge in [-0.3, -0.25) is 4.79 Å². The normalized spacial score (nSPS) is 23.1. The molecule has 1 amide bonds. The number of rotatable bonds is 1. The van der Waals surface area contributed by atoms with Crippen LogP contribution < -0.4 is 0 Å². The Balaban J connectivity index is 1.76. The van der Waals surface area contributed by atoms with Crippen molar-refractivity contribution in [1.29, 1.82) is 0 Å². The van der Waals surface area contributed by atoms with E-state index in [-0.39, 0.29) is 5.91 Å². The van der Waals surface area contributed by atoms with Gasteiger partial charge in [-0.1, -0.05) is 13.0 Å². The fraction of sp³-hybridized carbons (Fsp3) is 0.611. The average molecular weight is 271 g/mol. The molecule has 1 aliphatic carbocycles. The van der Waals surface area contributed by atoms with Gasteiger partial charge in [-0.15, -0.1) is 0 Å². The monoisotopic (exact) mass is 271 g/mol. The smallest absolute Gasteiger partial charge is 0.253 e. The summed E-state index contributed by atoms with van der Waals surface area (Å²) in [6, 6.07) is 6.38. The molecule has 1 atom stereocenters. The van der Waals surface area contributed by atoms with Crippen LogP contribution in [0, 0.1) is 5.92 Å². The Hall–Kier alpha value is -1.31. The van der Waals surface area contributed by atoms with E-state index in [1.54, 1.807) is 0 Å². The zero-order valence-corrected chi connectivity index (χ0v) is 12.5. The summed E-state index contributed by atoms with van der Waals surface area (Å²) in [6.07, 6.45) is 8.46. The molecule has 1 saturated heterocycles. The third-order valence-corrected chi connectivity index (χ3v) is 4.90. The van der Waals surface area contributed by atoms with Crippen molar-refractivity contribution in [2.24, 2.45) is 5.92 Å². The van der Waals surface area contributed by atoms with Crippen molar-refractivity contribution in [3.63, 3.8) is 0 Å². The van der Waals surface area contributed by atoms with Gasteiger partial charge in [-0.2, -0.15) is 0 Å². The molecule has 2 aliphatic rings. The first-order chi connectivity index (χ1) is 9.74. The Morgan fingerprint density at radius 1 is 1.05 bits per heavy atom. The molecule has 108 valence electrons. The van der Waals surface area contributed by atoms with Crippen LogP contribution in [0.4, 0.5) is 0 Å². The van der Waals surface area contributed by atoms with Crippen LogP contribution in [-0.2, 0) is 12.8 Å². The highest BCUT2D eigenvalue weighted by molar-refractivity contribution is 5.94. The molecule has 3 rings (SSSR count). The maximum atomic E-state index is 12.7. The van der Waals surface area contributed by atoms with Crippen molar-refractivity contribution in [3.05, 3.63) is 34.9 Å². The highest BCUT2D eigenvalue weighted by atomic mass is 16.2. The van der Waals surface area contributed by atoms with Gasteiger partial charge in [0.25, 0.3) is 5.91 Å². The SMILES string of the molecule is CC1CCCN(C(=O)c2ccc3c(c2)CCCC3)CC1. The molecule has 1 heterocycles. The van der Waals surface area contributed by atoms with Gasteiger partial charge in [0.2, 0.25) is 0 Å². The van der Waals surface area contributed by atoms with Crippen molar-refractivity contribution in [2.45, 2.75) is 51.9 Å². The molecule has 1 aliphatic heterocycles. The fourth-order valence-electron chi connectivity index (χ4n) is 3.52. The molecule has 0 radical (unpaired) electrons. The van der Waals surface area contributed by atoms with Crippen LogP contribution >= 0.6 is 0 Å². The van der Waals surface area contributed by atoms with E-state index in [1.165, 1.54) is 36.8 Å². The van der Waals surface area contributed by atoms with Gasteiger partial charge < -0.3 is 4.90 Å². The summed E-state index contributed by atoms with van der Waals surface area (Å²) in [5.74, 6) is 1.00. The molecule has 0 N–H and O–H groups in total. The lowest BCUT2D eigenvalue weighted by Gasteiger charge is -2.22. The van der Waals surface area contributed by atoms with Gasteiger partial charge in [-0.05, 0) is 74.1 Å². The summed E-state index contributed by atoms with van der Waals surface area (Å²) in [4.78, 5) is 14.7. The van der Waals surface area contributed by atoms with Gasteiger partial charge in [0.1, 0.15) is 0 Å². The van der Waals surface area contributed by atoms with Crippen LogP contribution in [0.1, 0.15) is 60.5 Å². The standard InChI is InChI=1S/C18H25NO/c1-14-5-4-11-19(12-10-14)18(20)17-9-8-15-6-2-3-7-16(15)13-17/h8-9,13-14H,2-7,10-12H2,1H3. The van der Waals surface area contributed by atoms with Crippen LogP contribution in [0.3, 0.4) is 0 Å². The minimum absolute atomic E-state index is 0.243. The Kier molecular flexibility index (Phi) is 4.09. The number of benzene rings is 1. The highest BCUT2D eigenvalue weighted by Gasteiger charge is 2.20. The van der Waals surface area contributed by atoms with E-state index in [0.29, 0.717) is 0 Å². The number of hydrogen-bond acceptors (Lipinski definition) is 1. The van der Waals surface area contributed by atoms with E-state index in [2.05, 4.69) is 24.0 Å². The van der Waals surface area contributed by atoms with Crippen molar-refractivity contribution < 1.29 is 4.79 Å². The predicted molar refractivity (Wildman–Crippen MR) is 82.0 cm³/mol. The second-order valence-electron chi connectivity index (χ2n) is 6.52. The second-order valence-corrected chi connectivity index (χ2v) is 6.52. The molecular formula is C18H25NO. The lowest BCUT2D eigenvalue weighted by Crippen LogP contribution is -2.32. The molecule has 0 saturated carbocycles. The zero-order chi connectivity index (χ0) is 13.9. The predicted octanol–water partition coefficient (Wildman–Crippen LogP) is 3.83. The van der Waals surface area contributed by atoms with Gasteiger partial charge in [-0.25, -0.2) is 0 Å². The van der Waals surface area contributed by atoms with Crippen LogP contribution in [0.15, 0.2) is 18.2 Å². The quantitative estimate of drug-likeness (QED) is 0.760. The van der Waals surface area contributed by atoms with E-state index in [1.807, 2.05) is 6.07 Å². The van der Waals surface area contributed by atoms with E-state index in [9.17, 15) is 4.79 Å². The van der Waals surface area contributed by atoms with E-state index >= 15 is 0 Å². The van der Waals surface area contributed by atoms with E-state index in [0.717, 1.165) is 43.8 Å². The largest absolute Gasteiger partial charge is 0.339 e. The molecule has 0 spiro atoms. The molecule has 0 aromatic heterocycles. The second kappa shape index (κ2) is 5.99. The summed E-state index contributed by atoms with van der Waals surface area (Å²) in [7, 11) is 0. The lowest BCUT2D eigenvalue weighted by atomic mass is 9.90. The number of carbonyl (C=O) groups excluding carboxylic acids is 1. The van der Waals surface area contributed by atoms with Crippen molar-refractivity contribution in [1.82, 2.24) is 4.90 Å². The first-order valence-electron chi connectivity index (χ1n) is 8.15. The topological polar surface area (TPSA) is 20.3 Å². The third kappa shape index (κ3) is 2.89. The number of nitrogens with zero attached hydrogens (tertiary/aromatic N) is 1. The van der Waals surface area contributed by atoms with Gasteiger partial charge in [0.15, 0.2) is 0 Å². The van der Waals surface area contributed by atoms with Gasteiger partial charge in [0, 0.05) is 18.7 Å². The van der Waals surface area contributed by atoms with Crippen LogP contribution in [0.25, 0.3) is 0 Å². The first-order valence-corrected chi connectivity index (χ1v) is 8.15. The van der Waals surface area contributed by atoms with Crippen molar-refractivity contribution >= 4 is 5.91 Å². The lowest BCUT2D eigenvalue weighted by molar-refractivity contribution is 0.0760. The molecule has 1 aromatic rings. The number of hydrogen-bond donors (Lipinski definition) is 0. The summed E-state index contributed by atoms with van der Waals surface area (Å²) < 4.78 is 0. The molecule has 2 heteroatoms. The molecule has 1 unspecified atom stereocenters. The minimum atomic E-state index is 0.243. The van der Waals surface area contributed by atoms with E-state index < -0.39 is 0 Å². The average Bonchev–Trinajstić information content (AvgIpc) is 2.71. The summed E-state index contributed by atoms with van der Waals surface area (Å²) in [5, 5.41) is 0. The highest BCUT2D eigenvalue weighted by Crippen LogP contribution is 2.24. The fourth-order valence-corrected chi connectivity index (χ4v) is 3.52. The summed E-state index contributed by atoms with van der Waals surface area (Å²) in [5.41, 5.74) is 3.77. The number of fused-ring (bicyclic) bond motifs is 1.